The summed E-state index contributed by atoms with van der Waals surface area (Å²) < 4.78 is 5.23. The topological polar surface area (TPSA) is 64.3 Å². The van der Waals surface area contributed by atoms with E-state index in [1.165, 1.54) is 0 Å². The molecule has 0 spiro atoms. The fourth-order valence-electron chi connectivity index (χ4n) is 1.25. The van der Waals surface area contributed by atoms with Crippen molar-refractivity contribution < 1.29 is 9.53 Å². The second kappa shape index (κ2) is 5.26. The Morgan fingerprint density at radius 2 is 2.50 bits per heavy atom. The van der Waals surface area contributed by atoms with Gasteiger partial charge in [-0.05, 0) is 12.8 Å². The number of amides is 1. The Labute approximate surface area is 89.2 Å². The van der Waals surface area contributed by atoms with Crippen molar-refractivity contribution in [3.63, 3.8) is 0 Å². The molecule has 4 nitrogen and oxygen atoms in total. The van der Waals surface area contributed by atoms with Crippen LogP contribution in [0.5, 0.6) is 0 Å². The van der Waals surface area contributed by atoms with Gasteiger partial charge in [0.05, 0.1) is 4.99 Å². The van der Waals surface area contributed by atoms with Crippen molar-refractivity contribution in [3.05, 3.63) is 0 Å². The van der Waals surface area contributed by atoms with Crippen LogP contribution in [-0.2, 0) is 9.53 Å². The molecule has 0 saturated carbocycles. The molecule has 1 fully saturated rings. The summed E-state index contributed by atoms with van der Waals surface area (Å²) >= 11 is 4.80. The number of rotatable bonds is 4. The normalized spacial score (nSPS) is 23.1. The van der Waals surface area contributed by atoms with Gasteiger partial charge in [-0.3, -0.25) is 4.79 Å². The minimum Gasteiger partial charge on any atom is -0.393 e. The van der Waals surface area contributed by atoms with Crippen molar-refractivity contribution in [3.8, 4) is 0 Å². The standard InChI is InChI=1S/C9H16N2O2S/c1-6(8(10)14)5-11-9(12)7-3-2-4-13-7/h6-7H,2-5H2,1H3,(H2,10,14)(H,11,12). The molecule has 80 valence electrons. The Morgan fingerprint density at radius 1 is 1.79 bits per heavy atom. The molecule has 0 radical (unpaired) electrons. The fraction of sp³-hybridized carbons (Fsp3) is 0.778. The number of nitrogens with one attached hydrogen (secondary N) is 1. The lowest BCUT2D eigenvalue weighted by molar-refractivity contribution is -0.130. The number of hydrogen-bond acceptors (Lipinski definition) is 3. The van der Waals surface area contributed by atoms with Crippen LogP contribution in [0.2, 0.25) is 0 Å². The predicted octanol–water partition coefficient (Wildman–Crippen LogP) is 0.204. The van der Waals surface area contributed by atoms with Gasteiger partial charge in [-0.1, -0.05) is 19.1 Å². The van der Waals surface area contributed by atoms with E-state index < -0.39 is 0 Å². The Hall–Kier alpha value is -0.680. The van der Waals surface area contributed by atoms with E-state index in [2.05, 4.69) is 5.32 Å². The second-order valence-corrected chi connectivity index (χ2v) is 4.02. The maximum atomic E-state index is 11.5. The molecule has 0 aromatic heterocycles. The fourth-order valence-corrected chi connectivity index (χ4v) is 1.34. The quantitative estimate of drug-likeness (QED) is 0.659. The van der Waals surface area contributed by atoms with E-state index in [1.807, 2.05) is 6.92 Å². The largest absolute Gasteiger partial charge is 0.393 e. The van der Waals surface area contributed by atoms with Crippen LogP contribution in [0.25, 0.3) is 0 Å². The van der Waals surface area contributed by atoms with Crippen molar-refractivity contribution in [1.82, 2.24) is 5.32 Å². The van der Waals surface area contributed by atoms with Crippen molar-refractivity contribution >= 4 is 23.1 Å². The van der Waals surface area contributed by atoms with Gasteiger partial charge in [0.1, 0.15) is 6.10 Å². The summed E-state index contributed by atoms with van der Waals surface area (Å²) in [5, 5.41) is 2.77. The molecular weight excluding hydrogens is 200 g/mol. The van der Waals surface area contributed by atoms with E-state index in [0.717, 1.165) is 12.8 Å². The zero-order valence-corrected chi connectivity index (χ0v) is 9.10. The van der Waals surface area contributed by atoms with Crippen LogP contribution >= 0.6 is 12.2 Å². The van der Waals surface area contributed by atoms with Gasteiger partial charge in [-0.2, -0.15) is 0 Å². The van der Waals surface area contributed by atoms with Gasteiger partial charge in [0.25, 0.3) is 0 Å². The molecule has 0 aromatic carbocycles. The average Bonchev–Trinajstić information content (AvgIpc) is 2.66. The molecule has 0 aromatic rings. The Balaban J connectivity index is 2.23. The van der Waals surface area contributed by atoms with Crippen molar-refractivity contribution in [2.75, 3.05) is 13.2 Å². The molecular formula is C9H16N2O2S. The van der Waals surface area contributed by atoms with Gasteiger partial charge in [0.2, 0.25) is 5.91 Å². The molecule has 0 bridgehead atoms. The number of thiocarbonyl (C=S) groups is 1. The van der Waals surface area contributed by atoms with Crippen LogP contribution < -0.4 is 11.1 Å². The Kier molecular flexibility index (Phi) is 4.28. The van der Waals surface area contributed by atoms with Crippen LogP contribution in [0.1, 0.15) is 19.8 Å². The lowest BCUT2D eigenvalue weighted by Crippen LogP contribution is -2.39. The zero-order chi connectivity index (χ0) is 10.6. The molecule has 0 aliphatic carbocycles. The van der Waals surface area contributed by atoms with Gasteiger partial charge in [0, 0.05) is 19.1 Å². The Morgan fingerprint density at radius 3 is 3.00 bits per heavy atom. The van der Waals surface area contributed by atoms with Gasteiger partial charge >= 0.3 is 0 Å². The van der Waals surface area contributed by atoms with Crippen LogP contribution in [0, 0.1) is 5.92 Å². The third-order valence-electron chi connectivity index (χ3n) is 2.29. The van der Waals surface area contributed by atoms with Crippen LogP contribution in [0.4, 0.5) is 0 Å². The van der Waals surface area contributed by atoms with Crippen LogP contribution in [0.15, 0.2) is 0 Å². The maximum absolute atomic E-state index is 11.5. The van der Waals surface area contributed by atoms with Gasteiger partial charge in [-0.25, -0.2) is 0 Å². The molecule has 1 heterocycles. The lowest BCUT2D eigenvalue weighted by Gasteiger charge is -2.13. The predicted molar refractivity (Wildman–Crippen MR) is 57.9 cm³/mol. The minimum atomic E-state index is -0.270. The van der Waals surface area contributed by atoms with E-state index in [-0.39, 0.29) is 17.9 Å². The number of hydrogen-bond donors (Lipinski definition) is 2. The highest BCUT2D eigenvalue weighted by molar-refractivity contribution is 7.80. The summed E-state index contributed by atoms with van der Waals surface area (Å²) in [4.78, 5) is 11.9. The number of ether oxygens (including phenoxy) is 1. The first-order valence-electron chi connectivity index (χ1n) is 4.80. The third kappa shape index (κ3) is 3.23. The smallest absolute Gasteiger partial charge is 0.249 e. The molecule has 1 aliphatic rings. The summed E-state index contributed by atoms with van der Waals surface area (Å²) in [5.41, 5.74) is 5.42. The van der Waals surface area contributed by atoms with Crippen LogP contribution in [-0.4, -0.2) is 30.2 Å². The molecule has 14 heavy (non-hydrogen) atoms. The van der Waals surface area contributed by atoms with E-state index in [4.69, 9.17) is 22.7 Å². The molecule has 1 aliphatic heterocycles. The number of carbonyl (C=O) groups excluding carboxylic acids is 1. The highest BCUT2D eigenvalue weighted by Crippen LogP contribution is 2.11. The van der Waals surface area contributed by atoms with E-state index in [9.17, 15) is 4.79 Å². The highest BCUT2D eigenvalue weighted by atomic mass is 32.1. The molecule has 2 unspecified atom stereocenters. The molecule has 1 saturated heterocycles. The summed E-state index contributed by atoms with van der Waals surface area (Å²) in [6, 6.07) is 0. The summed E-state index contributed by atoms with van der Waals surface area (Å²) in [7, 11) is 0. The second-order valence-electron chi connectivity index (χ2n) is 3.55. The third-order valence-corrected chi connectivity index (χ3v) is 2.69. The zero-order valence-electron chi connectivity index (χ0n) is 8.29. The highest BCUT2D eigenvalue weighted by Gasteiger charge is 2.23. The van der Waals surface area contributed by atoms with Crippen molar-refractivity contribution in [1.29, 1.82) is 0 Å². The van der Waals surface area contributed by atoms with E-state index in [1.54, 1.807) is 0 Å². The van der Waals surface area contributed by atoms with Crippen LogP contribution in [0.3, 0.4) is 0 Å². The molecule has 2 atom stereocenters. The first-order chi connectivity index (χ1) is 6.61. The molecule has 1 rings (SSSR count). The van der Waals surface area contributed by atoms with Gasteiger partial charge < -0.3 is 15.8 Å². The van der Waals surface area contributed by atoms with Gasteiger partial charge in [-0.15, -0.1) is 0 Å². The van der Waals surface area contributed by atoms with Crippen molar-refractivity contribution in [2.45, 2.75) is 25.9 Å². The molecule has 1 amide bonds. The average molecular weight is 216 g/mol. The first-order valence-corrected chi connectivity index (χ1v) is 5.20. The summed E-state index contributed by atoms with van der Waals surface area (Å²) in [6.45, 7) is 3.06. The molecule has 3 N–H and O–H groups in total. The van der Waals surface area contributed by atoms with E-state index in [0.29, 0.717) is 18.1 Å². The monoisotopic (exact) mass is 216 g/mol. The minimum absolute atomic E-state index is 0.0374. The summed E-state index contributed by atoms with van der Waals surface area (Å²) in [5.74, 6) is -0.0130. The lowest BCUT2D eigenvalue weighted by atomic mass is 10.1. The number of carbonyl (C=O) groups is 1. The Bertz CT molecular complexity index is 227. The summed E-state index contributed by atoms with van der Waals surface area (Å²) in [6.07, 6.45) is 1.50. The van der Waals surface area contributed by atoms with E-state index >= 15 is 0 Å². The van der Waals surface area contributed by atoms with Crippen molar-refractivity contribution in [2.24, 2.45) is 11.7 Å². The SMILES string of the molecule is CC(CNC(=O)C1CCCO1)C(N)=S. The number of nitrogens with two attached hydrogens (primary N) is 1. The molecule has 5 heteroatoms. The van der Waals surface area contributed by atoms with Gasteiger partial charge in [0.15, 0.2) is 0 Å². The maximum Gasteiger partial charge on any atom is 0.249 e. The first kappa shape index (κ1) is 11.4.